The van der Waals surface area contributed by atoms with E-state index < -0.39 is 11.4 Å². The highest BCUT2D eigenvalue weighted by Crippen LogP contribution is 2.41. The van der Waals surface area contributed by atoms with Crippen LogP contribution in [0.15, 0.2) is 48.5 Å². The normalized spacial score (nSPS) is 30.3. The van der Waals surface area contributed by atoms with E-state index in [1.54, 1.807) is 24.0 Å². The van der Waals surface area contributed by atoms with Gasteiger partial charge in [0.05, 0.1) is 52.9 Å². The lowest BCUT2D eigenvalue weighted by Crippen LogP contribution is -2.52. The van der Waals surface area contributed by atoms with E-state index in [1.807, 2.05) is 48.5 Å². The van der Waals surface area contributed by atoms with Gasteiger partial charge in [-0.15, -0.1) is 0 Å². The molecule has 4 aliphatic rings. The van der Waals surface area contributed by atoms with Crippen LogP contribution in [0.25, 0.3) is 0 Å². The highest BCUT2D eigenvalue weighted by atomic mass is 16.6. The minimum atomic E-state index is -1.01. The second kappa shape index (κ2) is 14.9. The molecule has 46 heavy (non-hydrogen) atoms. The molecule has 4 heterocycles. The third-order valence-electron chi connectivity index (χ3n) is 9.65. The predicted molar refractivity (Wildman–Crippen MR) is 168 cm³/mol. The molecule has 0 aliphatic carbocycles. The summed E-state index contributed by atoms with van der Waals surface area (Å²) in [6, 6.07) is 15.2. The zero-order valence-electron chi connectivity index (χ0n) is 27.0. The average molecular weight is 639 g/mol. The van der Waals surface area contributed by atoms with Crippen molar-refractivity contribution in [2.45, 2.75) is 11.4 Å². The van der Waals surface area contributed by atoms with Crippen LogP contribution in [-0.2, 0) is 39.9 Å². The van der Waals surface area contributed by atoms with Gasteiger partial charge in [0.15, 0.2) is 11.4 Å². The van der Waals surface area contributed by atoms with Crippen LogP contribution in [0, 0.1) is 0 Å². The molecule has 12 nitrogen and oxygen atoms in total. The molecule has 2 fully saturated rings. The Balaban J connectivity index is 1.23. The lowest BCUT2D eigenvalue weighted by Gasteiger charge is -2.39. The number of methoxy groups -OCH3 is 2. The summed E-state index contributed by atoms with van der Waals surface area (Å²) in [6.07, 6.45) is 0. The minimum Gasteiger partial charge on any atom is -0.378 e. The number of ether oxygens (including phenoxy) is 6. The van der Waals surface area contributed by atoms with Gasteiger partial charge in [-0.1, -0.05) is 36.4 Å². The van der Waals surface area contributed by atoms with E-state index in [9.17, 15) is 9.59 Å². The second-order valence-corrected chi connectivity index (χ2v) is 12.0. The molecule has 6 rings (SSSR count). The van der Waals surface area contributed by atoms with Crippen molar-refractivity contribution in [2.75, 3.05) is 119 Å². The van der Waals surface area contributed by atoms with Gasteiger partial charge >= 0.3 is 0 Å². The van der Waals surface area contributed by atoms with Crippen molar-refractivity contribution in [1.29, 1.82) is 0 Å². The van der Waals surface area contributed by atoms with E-state index in [2.05, 4.69) is 9.80 Å². The van der Waals surface area contributed by atoms with Crippen LogP contribution < -0.4 is 0 Å². The number of amides is 2. The quantitative estimate of drug-likeness (QED) is 0.482. The molecule has 0 radical (unpaired) electrons. The fourth-order valence-electron chi connectivity index (χ4n) is 7.05. The summed E-state index contributed by atoms with van der Waals surface area (Å²) in [6.45, 7) is 8.06. The molecule has 2 aromatic carbocycles. The fourth-order valence-corrected chi connectivity index (χ4v) is 7.05. The highest BCUT2D eigenvalue weighted by Gasteiger charge is 2.51. The third kappa shape index (κ3) is 6.33. The standard InChI is InChI=1S/C34H46N4O8/c1-41-33-25-45-23-21-43-20-18-36-12-11-35(13-15-37(33)31(39)27-7-3-5-9-29(27)33)17-19-44-22-24-46-26-34(42-2)30-10-6-4-8-28(30)32(40)38(34)16-14-36/h3-10H,11-26H2,1-2H3. The zero-order chi connectivity index (χ0) is 32.0. The Hall–Kier alpha value is -2.94. The van der Waals surface area contributed by atoms with Crippen LogP contribution in [0.2, 0.25) is 0 Å². The zero-order valence-corrected chi connectivity index (χ0v) is 27.0. The Morgan fingerprint density at radius 3 is 1.35 bits per heavy atom. The van der Waals surface area contributed by atoms with Gasteiger partial charge in [0, 0.05) is 88.8 Å². The first-order chi connectivity index (χ1) is 22.5. The van der Waals surface area contributed by atoms with Crippen LogP contribution in [0.4, 0.5) is 0 Å². The summed E-state index contributed by atoms with van der Waals surface area (Å²) in [5.74, 6) is -0.124. The average Bonchev–Trinajstić information content (AvgIpc) is 3.46. The second-order valence-electron chi connectivity index (χ2n) is 12.0. The van der Waals surface area contributed by atoms with Gasteiger partial charge in [-0.05, 0) is 12.1 Å². The number of benzene rings is 2. The van der Waals surface area contributed by atoms with E-state index in [1.165, 1.54) is 0 Å². The number of nitrogens with zero attached hydrogens (tertiary/aromatic N) is 4. The van der Waals surface area contributed by atoms with Gasteiger partial charge in [-0.25, -0.2) is 0 Å². The Labute approximate surface area is 271 Å². The first-order valence-electron chi connectivity index (χ1n) is 16.2. The van der Waals surface area contributed by atoms with E-state index in [-0.39, 0.29) is 25.0 Å². The monoisotopic (exact) mass is 638 g/mol. The molecule has 12 heteroatoms. The Bertz CT molecular complexity index is 1260. The SMILES string of the molecule is COC12COCCOCCN3CCN(CCOCCOCC4(OC)c5ccccc5C(=O)N4CC3)CCN1C(=O)c1ccccc12. The molecule has 2 saturated heterocycles. The van der Waals surface area contributed by atoms with Crippen LogP contribution in [-0.4, -0.2) is 151 Å². The number of rotatable bonds is 2. The van der Waals surface area contributed by atoms with E-state index in [0.717, 1.165) is 24.2 Å². The van der Waals surface area contributed by atoms with Crippen molar-refractivity contribution in [1.82, 2.24) is 19.6 Å². The number of hydrogen-bond donors (Lipinski definition) is 0. The van der Waals surface area contributed by atoms with E-state index >= 15 is 0 Å². The maximum Gasteiger partial charge on any atom is 0.256 e. The maximum absolute atomic E-state index is 13.7. The van der Waals surface area contributed by atoms with Crippen LogP contribution >= 0.6 is 0 Å². The van der Waals surface area contributed by atoms with Crippen LogP contribution in [0.1, 0.15) is 31.8 Å². The van der Waals surface area contributed by atoms with Crippen molar-refractivity contribution in [3.05, 3.63) is 70.8 Å². The number of carbonyl (C=O) groups excluding carboxylic acids is 2. The van der Waals surface area contributed by atoms with E-state index in [4.69, 9.17) is 28.4 Å². The van der Waals surface area contributed by atoms with E-state index in [0.29, 0.717) is 90.0 Å². The van der Waals surface area contributed by atoms with Crippen LogP contribution in [0.3, 0.4) is 0 Å². The Kier molecular flexibility index (Phi) is 10.7. The van der Waals surface area contributed by atoms with Gasteiger partial charge in [0.1, 0.15) is 0 Å². The topological polar surface area (TPSA) is 102 Å². The highest BCUT2D eigenvalue weighted by molar-refractivity contribution is 6.00. The van der Waals surface area contributed by atoms with Crippen molar-refractivity contribution in [3.8, 4) is 0 Å². The van der Waals surface area contributed by atoms with Gasteiger partial charge < -0.3 is 38.2 Å². The Morgan fingerprint density at radius 2 is 0.913 bits per heavy atom. The summed E-state index contributed by atoms with van der Waals surface area (Å²) in [4.78, 5) is 35.7. The minimum absolute atomic E-state index is 0.0621. The number of hydrogen-bond acceptors (Lipinski definition) is 10. The molecule has 2 aromatic rings. The van der Waals surface area contributed by atoms with Gasteiger partial charge in [-0.2, -0.15) is 0 Å². The smallest absolute Gasteiger partial charge is 0.256 e. The van der Waals surface area contributed by atoms with Gasteiger partial charge in [0.25, 0.3) is 11.8 Å². The molecular weight excluding hydrogens is 592 g/mol. The molecule has 2 bridgehead atoms. The molecule has 4 unspecified atom stereocenters. The van der Waals surface area contributed by atoms with Crippen LogP contribution in [0.5, 0.6) is 0 Å². The fraction of sp³-hybridized carbons (Fsp3) is 0.588. The van der Waals surface area contributed by atoms with Crippen molar-refractivity contribution >= 4 is 11.8 Å². The largest absolute Gasteiger partial charge is 0.378 e. The lowest BCUT2D eigenvalue weighted by atomic mass is 10.0. The summed E-state index contributed by atoms with van der Waals surface area (Å²) >= 11 is 0. The summed E-state index contributed by atoms with van der Waals surface area (Å²) in [5.41, 5.74) is 0.908. The summed E-state index contributed by atoms with van der Waals surface area (Å²) in [7, 11) is 3.27. The Morgan fingerprint density at radius 1 is 0.522 bits per heavy atom. The lowest BCUT2D eigenvalue weighted by molar-refractivity contribution is -0.161. The van der Waals surface area contributed by atoms with Crippen molar-refractivity contribution in [2.24, 2.45) is 0 Å². The molecule has 0 saturated carbocycles. The third-order valence-corrected chi connectivity index (χ3v) is 9.65. The predicted octanol–water partition coefficient (Wildman–Crippen LogP) is 1.59. The number of carbonyl (C=O) groups is 2. The summed E-state index contributed by atoms with van der Waals surface area (Å²) < 4.78 is 36.5. The van der Waals surface area contributed by atoms with Crippen molar-refractivity contribution in [3.63, 3.8) is 0 Å². The summed E-state index contributed by atoms with van der Waals surface area (Å²) in [5, 5.41) is 0. The van der Waals surface area contributed by atoms with Crippen molar-refractivity contribution < 1.29 is 38.0 Å². The molecule has 2 amide bonds. The van der Waals surface area contributed by atoms with Gasteiger partial charge in [-0.3, -0.25) is 19.4 Å². The number of fused-ring (bicyclic) bond motifs is 9. The molecular formula is C34H46N4O8. The molecule has 0 aromatic heterocycles. The first-order valence-corrected chi connectivity index (χ1v) is 16.2. The first kappa shape index (κ1) is 33.0. The molecule has 250 valence electrons. The molecule has 4 aliphatic heterocycles. The molecule has 0 spiro atoms. The molecule has 0 N–H and O–H groups in total. The van der Waals surface area contributed by atoms with Gasteiger partial charge in [0.2, 0.25) is 0 Å². The maximum atomic E-state index is 13.7. The molecule has 4 atom stereocenters.